The summed E-state index contributed by atoms with van der Waals surface area (Å²) < 4.78 is 2.14. The molecule has 0 unspecified atom stereocenters. The highest BCUT2D eigenvalue weighted by atomic mass is 32.1. The maximum atomic E-state index is 4.47. The van der Waals surface area contributed by atoms with E-state index in [4.69, 9.17) is 0 Å². The van der Waals surface area contributed by atoms with Gasteiger partial charge in [0.05, 0.1) is 11.6 Å². The maximum absolute atomic E-state index is 4.47. The third-order valence-electron chi connectivity index (χ3n) is 3.17. The first kappa shape index (κ1) is 16.5. The van der Waals surface area contributed by atoms with Crippen molar-refractivity contribution in [3.63, 3.8) is 0 Å². The standard InChI is InChI=1S/C16H25N5S/c1-13(2)10-15-19-11-14(22-15)12-20-16(17-3)18-6-9-21-7-4-5-8-21/h4-5,7-8,11,13H,6,9-10,12H2,1-3H3,(H2,17,18,20). The van der Waals surface area contributed by atoms with Gasteiger partial charge in [-0.05, 0) is 18.1 Å². The lowest BCUT2D eigenvalue weighted by molar-refractivity contribution is 0.644. The van der Waals surface area contributed by atoms with Crippen molar-refractivity contribution in [3.05, 3.63) is 40.6 Å². The molecule has 22 heavy (non-hydrogen) atoms. The monoisotopic (exact) mass is 319 g/mol. The van der Waals surface area contributed by atoms with Crippen LogP contribution in [0.5, 0.6) is 0 Å². The molecule has 120 valence electrons. The molecule has 6 heteroatoms. The molecule has 0 saturated heterocycles. The second kappa shape index (κ2) is 8.58. The molecule has 0 spiro atoms. The molecule has 0 amide bonds. The lowest BCUT2D eigenvalue weighted by atomic mass is 10.1. The van der Waals surface area contributed by atoms with Crippen molar-refractivity contribution < 1.29 is 0 Å². The van der Waals surface area contributed by atoms with E-state index < -0.39 is 0 Å². The van der Waals surface area contributed by atoms with E-state index in [0.29, 0.717) is 5.92 Å². The first-order chi connectivity index (χ1) is 10.7. The van der Waals surface area contributed by atoms with Crippen molar-refractivity contribution in [1.82, 2.24) is 20.2 Å². The normalized spacial score (nSPS) is 11.9. The minimum atomic E-state index is 0.648. The molecule has 0 bridgehead atoms. The van der Waals surface area contributed by atoms with Gasteiger partial charge in [0.15, 0.2) is 5.96 Å². The molecule has 0 fully saturated rings. The Morgan fingerprint density at radius 2 is 2.09 bits per heavy atom. The molecule has 2 aromatic rings. The molecule has 0 radical (unpaired) electrons. The molecular formula is C16H25N5S. The van der Waals surface area contributed by atoms with Crippen LogP contribution >= 0.6 is 11.3 Å². The van der Waals surface area contributed by atoms with Gasteiger partial charge in [-0.25, -0.2) is 4.98 Å². The molecule has 0 atom stereocenters. The van der Waals surface area contributed by atoms with Crippen LogP contribution < -0.4 is 10.6 Å². The fourth-order valence-corrected chi connectivity index (χ4v) is 3.16. The van der Waals surface area contributed by atoms with Crippen LogP contribution in [0.15, 0.2) is 35.7 Å². The zero-order valence-electron chi connectivity index (χ0n) is 13.5. The van der Waals surface area contributed by atoms with E-state index in [1.165, 1.54) is 9.88 Å². The zero-order chi connectivity index (χ0) is 15.8. The first-order valence-corrected chi connectivity index (χ1v) is 8.48. The van der Waals surface area contributed by atoms with Gasteiger partial charge in [-0.2, -0.15) is 0 Å². The summed E-state index contributed by atoms with van der Waals surface area (Å²) in [6, 6.07) is 4.07. The van der Waals surface area contributed by atoms with Gasteiger partial charge in [0.25, 0.3) is 0 Å². The molecule has 5 nitrogen and oxygen atoms in total. The number of hydrogen-bond donors (Lipinski definition) is 2. The number of nitrogens with zero attached hydrogens (tertiary/aromatic N) is 3. The van der Waals surface area contributed by atoms with Crippen LogP contribution in [0.1, 0.15) is 23.7 Å². The Morgan fingerprint density at radius 3 is 2.77 bits per heavy atom. The SMILES string of the molecule is CN=C(NCCn1cccc1)NCc1cnc(CC(C)C)s1. The highest BCUT2D eigenvalue weighted by Gasteiger charge is 2.05. The maximum Gasteiger partial charge on any atom is 0.191 e. The zero-order valence-corrected chi connectivity index (χ0v) is 14.4. The Labute approximate surface area is 136 Å². The largest absolute Gasteiger partial charge is 0.355 e. The van der Waals surface area contributed by atoms with Crippen molar-refractivity contribution in [2.75, 3.05) is 13.6 Å². The number of aliphatic imine (C=N–C) groups is 1. The van der Waals surface area contributed by atoms with Crippen LogP contribution in [0.4, 0.5) is 0 Å². The highest BCUT2D eigenvalue weighted by Crippen LogP contribution is 2.16. The Hall–Kier alpha value is -1.82. The van der Waals surface area contributed by atoms with Crippen LogP contribution in [-0.2, 0) is 19.5 Å². The van der Waals surface area contributed by atoms with E-state index in [2.05, 4.69) is 51.4 Å². The summed E-state index contributed by atoms with van der Waals surface area (Å²) in [6.07, 6.45) is 7.13. The molecule has 2 N–H and O–H groups in total. The van der Waals surface area contributed by atoms with Crippen molar-refractivity contribution in [1.29, 1.82) is 0 Å². The highest BCUT2D eigenvalue weighted by molar-refractivity contribution is 7.11. The van der Waals surface area contributed by atoms with Crippen LogP contribution in [0.25, 0.3) is 0 Å². The lowest BCUT2D eigenvalue weighted by Gasteiger charge is -2.11. The van der Waals surface area contributed by atoms with Crippen LogP contribution in [0, 0.1) is 5.92 Å². The number of aromatic nitrogens is 2. The van der Waals surface area contributed by atoms with Gasteiger partial charge < -0.3 is 15.2 Å². The van der Waals surface area contributed by atoms with E-state index in [9.17, 15) is 0 Å². The molecule has 0 aliphatic heterocycles. The number of guanidine groups is 1. The molecule has 2 aromatic heterocycles. The third-order valence-corrected chi connectivity index (χ3v) is 4.19. The Kier molecular flexibility index (Phi) is 6.45. The van der Waals surface area contributed by atoms with Gasteiger partial charge in [0, 0.05) is 50.0 Å². The van der Waals surface area contributed by atoms with Crippen molar-refractivity contribution in [2.24, 2.45) is 10.9 Å². The number of rotatable bonds is 7. The van der Waals surface area contributed by atoms with Crippen LogP contribution in [0.2, 0.25) is 0 Å². The molecule has 0 saturated carbocycles. The van der Waals surface area contributed by atoms with Gasteiger partial charge in [-0.15, -0.1) is 11.3 Å². The second-order valence-corrected chi connectivity index (χ2v) is 6.79. The summed E-state index contributed by atoms with van der Waals surface area (Å²) in [5.41, 5.74) is 0. The molecule has 0 aromatic carbocycles. The van der Waals surface area contributed by atoms with Gasteiger partial charge in [0.1, 0.15) is 0 Å². The van der Waals surface area contributed by atoms with E-state index in [0.717, 1.165) is 32.0 Å². The Morgan fingerprint density at radius 1 is 1.32 bits per heavy atom. The van der Waals surface area contributed by atoms with Crippen LogP contribution in [0.3, 0.4) is 0 Å². The van der Waals surface area contributed by atoms with E-state index in [1.54, 1.807) is 18.4 Å². The lowest BCUT2D eigenvalue weighted by Crippen LogP contribution is -2.38. The van der Waals surface area contributed by atoms with Crippen LogP contribution in [-0.4, -0.2) is 29.1 Å². The van der Waals surface area contributed by atoms with E-state index >= 15 is 0 Å². The molecule has 0 aliphatic rings. The van der Waals surface area contributed by atoms with Crippen molar-refractivity contribution >= 4 is 17.3 Å². The predicted molar refractivity (Wildman–Crippen MR) is 93.3 cm³/mol. The van der Waals surface area contributed by atoms with E-state index in [1.807, 2.05) is 18.3 Å². The average molecular weight is 319 g/mol. The number of thiazole rings is 1. The van der Waals surface area contributed by atoms with Gasteiger partial charge in [-0.3, -0.25) is 4.99 Å². The molecule has 2 heterocycles. The second-order valence-electron chi connectivity index (χ2n) is 5.59. The summed E-state index contributed by atoms with van der Waals surface area (Å²) in [5.74, 6) is 1.47. The van der Waals surface area contributed by atoms with Gasteiger partial charge >= 0.3 is 0 Å². The summed E-state index contributed by atoms with van der Waals surface area (Å²) in [5, 5.41) is 7.86. The minimum Gasteiger partial charge on any atom is -0.355 e. The number of hydrogen-bond acceptors (Lipinski definition) is 3. The summed E-state index contributed by atoms with van der Waals surface area (Å²) in [7, 11) is 1.79. The van der Waals surface area contributed by atoms with Gasteiger partial charge in [0.2, 0.25) is 0 Å². The number of nitrogens with one attached hydrogen (secondary N) is 2. The topological polar surface area (TPSA) is 54.2 Å². The van der Waals surface area contributed by atoms with E-state index in [-0.39, 0.29) is 0 Å². The predicted octanol–water partition coefficient (Wildman–Crippen LogP) is 2.51. The first-order valence-electron chi connectivity index (χ1n) is 7.66. The Bertz CT molecular complexity index is 571. The molecular weight excluding hydrogens is 294 g/mol. The summed E-state index contributed by atoms with van der Waals surface area (Å²) in [4.78, 5) is 9.96. The smallest absolute Gasteiger partial charge is 0.191 e. The molecule has 2 rings (SSSR count). The Balaban J connectivity index is 1.72. The third kappa shape index (κ3) is 5.52. The quantitative estimate of drug-likeness (QED) is 0.609. The minimum absolute atomic E-state index is 0.648. The summed E-state index contributed by atoms with van der Waals surface area (Å²) >= 11 is 1.78. The fourth-order valence-electron chi connectivity index (χ4n) is 2.09. The molecule has 0 aliphatic carbocycles. The van der Waals surface area contributed by atoms with Gasteiger partial charge in [-0.1, -0.05) is 13.8 Å². The fraction of sp³-hybridized carbons (Fsp3) is 0.500. The average Bonchev–Trinajstić information content (AvgIpc) is 3.14. The van der Waals surface area contributed by atoms with Crippen molar-refractivity contribution in [2.45, 2.75) is 33.4 Å². The van der Waals surface area contributed by atoms with Crippen molar-refractivity contribution in [3.8, 4) is 0 Å². The summed E-state index contributed by atoms with van der Waals surface area (Å²) in [6.45, 7) is 6.97.